The van der Waals surface area contributed by atoms with Crippen LogP contribution in [0.25, 0.3) is 0 Å². The molecule has 0 aromatic heterocycles. The van der Waals surface area contributed by atoms with Gasteiger partial charge >= 0.3 is 0 Å². The van der Waals surface area contributed by atoms with Crippen LogP contribution in [0.2, 0.25) is 0 Å². The summed E-state index contributed by atoms with van der Waals surface area (Å²) >= 11 is 0. The van der Waals surface area contributed by atoms with Crippen molar-refractivity contribution in [3.8, 4) is 0 Å². The van der Waals surface area contributed by atoms with Gasteiger partial charge in [-0.3, -0.25) is 0 Å². The highest BCUT2D eigenvalue weighted by Crippen LogP contribution is 2.16. The summed E-state index contributed by atoms with van der Waals surface area (Å²) in [5.41, 5.74) is 11.9. The topological polar surface area (TPSA) is 50.5 Å². The van der Waals surface area contributed by atoms with E-state index in [9.17, 15) is 0 Å². The minimum Gasteiger partial charge on any atom is -0.380 e. The fourth-order valence-electron chi connectivity index (χ4n) is 2.57. The maximum Gasteiger partial charge on any atom is 0.0713 e. The van der Waals surface area contributed by atoms with Gasteiger partial charge in [0.15, 0.2) is 0 Å². The van der Waals surface area contributed by atoms with Crippen molar-refractivity contribution in [3.05, 3.63) is 35.4 Å². The smallest absolute Gasteiger partial charge is 0.0713 e. The number of methoxy groups -OCH3 is 1. The summed E-state index contributed by atoms with van der Waals surface area (Å²) in [5, 5.41) is 2.31. The highest BCUT2D eigenvalue weighted by Gasteiger charge is 2.16. The summed E-state index contributed by atoms with van der Waals surface area (Å²) in [6.07, 6.45) is 3.89. The third-order valence-electron chi connectivity index (χ3n) is 3.59. The quantitative estimate of drug-likeness (QED) is 0.822. The van der Waals surface area contributed by atoms with Crippen molar-refractivity contribution in [1.29, 1.82) is 0 Å². The van der Waals surface area contributed by atoms with E-state index < -0.39 is 0 Å². The van der Waals surface area contributed by atoms with E-state index in [1.54, 1.807) is 7.11 Å². The standard InChI is InChI=1S/C15H25N3O/c1-19-12-13-6-5-7-14(10-13)15(11-16)17-18-8-3-2-4-9-18/h5-7,10,15,17H,2-4,8-9,11-12,16H2,1H3. The molecule has 106 valence electrons. The van der Waals surface area contributed by atoms with Crippen molar-refractivity contribution in [2.24, 2.45) is 5.73 Å². The normalized spacial score (nSPS) is 18.4. The van der Waals surface area contributed by atoms with Crippen molar-refractivity contribution < 1.29 is 4.74 Å². The average molecular weight is 263 g/mol. The summed E-state index contributed by atoms with van der Waals surface area (Å²) in [5.74, 6) is 0. The van der Waals surface area contributed by atoms with Crippen molar-refractivity contribution in [2.75, 3.05) is 26.7 Å². The Balaban J connectivity index is 2.01. The molecule has 1 aliphatic heterocycles. The second-order valence-electron chi connectivity index (χ2n) is 5.14. The summed E-state index contributed by atoms with van der Waals surface area (Å²) in [6.45, 7) is 3.49. The summed E-state index contributed by atoms with van der Waals surface area (Å²) in [4.78, 5) is 0. The van der Waals surface area contributed by atoms with Gasteiger partial charge in [-0.25, -0.2) is 10.4 Å². The zero-order valence-electron chi connectivity index (χ0n) is 11.8. The number of nitrogens with two attached hydrogens (primary N) is 1. The Labute approximate surface area is 115 Å². The Morgan fingerprint density at radius 3 is 2.79 bits per heavy atom. The minimum absolute atomic E-state index is 0.190. The Kier molecular flexibility index (Phi) is 5.79. The first-order valence-electron chi connectivity index (χ1n) is 7.12. The van der Waals surface area contributed by atoms with Gasteiger partial charge in [0.1, 0.15) is 0 Å². The zero-order chi connectivity index (χ0) is 13.5. The Morgan fingerprint density at radius 1 is 1.32 bits per heavy atom. The van der Waals surface area contributed by atoms with E-state index in [-0.39, 0.29) is 6.04 Å². The molecule has 1 atom stereocenters. The Bertz CT molecular complexity index is 377. The molecule has 0 amide bonds. The number of hydrogen-bond acceptors (Lipinski definition) is 4. The summed E-state index contributed by atoms with van der Waals surface area (Å²) in [7, 11) is 1.72. The third kappa shape index (κ3) is 4.28. The molecule has 1 unspecified atom stereocenters. The van der Waals surface area contributed by atoms with Crippen LogP contribution in [-0.4, -0.2) is 31.8 Å². The number of hydrogen-bond donors (Lipinski definition) is 2. The largest absolute Gasteiger partial charge is 0.380 e. The molecule has 4 heteroatoms. The van der Waals surface area contributed by atoms with Crippen LogP contribution in [0.4, 0.5) is 0 Å². The maximum atomic E-state index is 5.93. The molecule has 0 bridgehead atoms. The molecule has 1 aliphatic rings. The van der Waals surface area contributed by atoms with Gasteiger partial charge in [0, 0.05) is 26.7 Å². The molecule has 1 fully saturated rings. The minimum atomic E-state index is 0.190. The molecule has 1 saturated heterocycles. The van der Waals surface area contributed by atoms with Crippen molar-refractivity contribution in [1.82, 2.24) is 10.4 Å². The van der Waals surface area contributed by atoms with E-state index >= 15 is 0 Å². The molecule has 2 rings (SSSR count). The molecule has 19 heavy (non-hydrogen) atoms. The van der Waals surface area contributed by atoms with Gasteiger partial charge in [-0.05, 0) is 24.0 Å². The molecule has 0 saturated carbocycles. The second-order valence-corrected chi connectivity index (χ2v) is 5.14. The lowest BCUT2D eigenvalue weighted by Crippen LogP contribution is -2.45. The van der Waals surface area contributed by atoms with Crippen LogP contribution in [-0.2, 0) is 11.3 Å². The lowest BCUT2D eigenvalue weighted by atomic mass is 10.0. The summed E-state index contributed by atoms with van der Waals surface area (Å²) < 4.78 is 5.18. The van der Waals surface area contributed by atoms with Crippen LogP contribution in [0.1, 0.15) is 36.4 Å². The van der Waals surface area contributed by atoms with E-state index in [2.05, 4.69) is 34.7 Å². The SMILES string of the molecule is COCc1cccc(C(CN)NN2CCCCC2)c1. The molecule has 1 aromatic rings. The van der Waals surface area contributed by atoms with E-state index in [4.69, 9.17) is 10.5 Å². The number of benzene rings is 1. The van der Waals surface area contributed by atoms with Gasteiger partial charge in [0.25, 0.3) is 0 Å². The molecular weight excluding hydrogens is 238 g/mol. The van der Waals surface area contributed by atoms with Crippen LogP contribution in [0, 0.1) is 0 Å². The lowest BCUT2D eigenvalue weighted by molar-refractivity contribution is 0.130. The second kappa shape index (κ2) is 7.60. The molecule has 0 aliphatic carbocycles. The first kappa shape index (κ1) is 14.5. The zero-order valence-corrected chi connectivity index (χ0v) is 11.8. The van der Waals surface area contributed by atoms with Crippen molar-refractivity contribution in [3.63, 3.8) is 0 Å². The van der Waals surface area contributed by atoms with Crippen LogP contribution in [0.3, 0.4) is 0 Å². The van der Waals surface area contributed by atoms with Crippen molar-refractivity contribution >= 4 is 0 Å². The van der Waals surface area contributed by atoms with E-state index in [1.807, 2.05) is 0 Å². The molecule has 3 N–H and O–H groups in total. The number of piperidine rings is 1. The van der Waals surface area contributed by atoms with Gasteiger partial charge in [-0.1, -0.05) is 30.7 Å². The predicted molar refractivity (Wildman–Crippen MR) is 77.5 cm³/mol. The number of ether oxygens (including phenoxy) is 1. The van der Waals surface area contributed by atoms with E-state index in [0.29, 0.717) is 13.2 Å². The molecule has 0 spiro atoms. The van der Waals surface area contributed by atoms with E-state index in [0.717, 1.165) is 13.1 Å². The highest BCUT2D eigenvalue weighted by atomic mass is 16.5. The Morgan fingerprint density at radius 2 is 2.11 bits per heavy atom. The molecule has 4 nitrogen and oxygen atoms in total. The fourth-order valence-corrected chi connectivity index (χ4v) is 2.57. The molecular formula is C15H25N3O. The first-order valence-corrected chi connectivity index (χ1v) is 7.12. The average Bonchev–Trinajstić information content (AvgIpc) is 2.46. The van der Waals surface area contributed by atoms with E-state index in [1.165, 1.54) is 30.4 Å². The van der Waals surface area contributed by atoms with Crippen LogP contribution >= 0.6 is 0 Å². The number of rotatable bonds is 6. The van der Waals surface area contributed by atoms with Crippen LogP contribution < -0.4 is 11.2 Å². The predicted octanol–water partition coefficient (Wildman–Crippen LogP) is 1.82. The van der Waals surface area contributed by atoms with Gasteiger partial charge < -0.3 is 10.5 Å². The number of hydrazine groups is 1. The molecule has 1 heterocycles. The summed E-state index contributed by atoms with van der Waals surface area (Å²) in [6, 6.07) is 8.66. The fraction of sp³-hybridized carbons (Fsp3) is 0.600. The van der Waals surface area contributed by atoms with Gasteiger partial charge in [-0.15, -0.1) is 0 Å². The van der Waals surface area contributed by atoms with Crippen molar-refractivity contribution in [2.45, 2.75) is 31.9 Å². The van der Waals surface area contributed by atoms with Gasteiger partial charge in [0.2, 0.25) is 0 Å². The van der Waals surface area contributed by atoms with Crippen LogP contribution in [0.15, 0.2) is 24.3 Å². The van der Waals surface area contributed by atoms with Crippen LogP contribution in [0.5, 0.6) is 0 Å². The monoisotopic (exact) mass is 263 g/mol. The maximum absolute atomic E-state index is 5.93. The number of nitrogens with zero attached hydrogens (tertiary/aromatic N) is 1. The first-order chi connectivity index (χ1) is 9.33. The molecule has 1 aromatic carbocycles. The molecule has 0 radical (unpaired) electrons. The highest BCUT2D eigenvalue weighted by molar-refractivity contribution is 5.26. The van der Waals surface area contributed by atoms with Gasteiger partial charge in [0.05, 0.1) is 12.6 Å². The number of nitrogens with one attached hydrogen (secondary N) is 1. The van der Waals surface area contributed by atoms with Gasteiger partial charge in [-0.2, -0.15) is 0 Å². The lowest BCUT2D eigenvalue weighted by Gasteiger charge is -2.31. The third-order valence-corrected chi connectivity index (χ3v) is 3.59. The Hall–Kier alpha value is -0.940.